The normalized spacial score (nSPS) is 17.6. The molecule has 1 aromatic rings. The minimum Gasteiger partial charge on any atom is -0.359 e. The van der Waals surface area contributed by atoms with Crippen molar-refractivity contribution in [3.8, 4) is 0 Å². The maximum Gasteiger partial charge on any atom is 0.243 e. The molecule has 0 bridgehead atoms. The highest BCUT2D eigenvalue weighted by Gasteiger charge is 2.31. The van der Waals surface area contributed by atoms with Gasteiger partial charge in [-0.05, 0) is 30.5 Å². The van der Waals surface area contributed by atoms with Crippen molar-refractivity contribution in [3.63, 3.8) is 0 Å². The van der Waals surface area contributed by atoms with Gasteiger partial charge in [0.05, 0.1) is 4.90 Å². The van der Waals surface area contributed by atoms with E-state index in [1.807, 2.05) is 0 Å². The number of carbonyl (C=O) groups is 1. The quantitative estimate of drug-likeness (QED) is 0.816. The van der Waals surface area contributed by atoms with Crippen LogP contribution in [0.4, 0.5) is 0 Å². The SMILES string of the molecule is CNC(=O)C1CCN(S(=O)(=O)c2ccc(CBr)cc2)CC1. The van der Waals surface area contributed by atoms with Crippen molar-refractivity contribution in [2.45, 2.75) is 23.1 Å². The summed E-state index contributed by atoms with van der Waals surface area (Å²) in [5.74, 6) is -0.0917. The van der Waals surface area contributed by atoms with Crippen molar-refractivity contribution in [1.29, 1.82) is 0 Å². The molecule has 1 amide bonds. The van der Waals surface area contributed by atoms with Crippen LogP contribution in [0.15, 0.2) is 29.2 Å². The zero-order valence-corrected chi connectivity index (χ0v) is 14.3. The molecule has 0 unspecified atom stereocenters. The number of benzene rings is 1. The van der Waals surface area contributed by atoms with Crippen LogP contribution < -0.4 is 5.32 Å². The summed E-state index contributed by atoms with van der Waals surface area (Å²) in [5, 5.41) is 3.32. The number of alkyl halides is 1. The minimum atomic E-state index is -3.46. The first-order valence-electron chi connectivity index (χ1n) is 6.85. The number of sulfonamides is 1. The van der Waals surface area contributed by atoms with Gasteiger partial charge in [0, 0.05) is 31.4 Å². The van der Waals surface area contributed by atoms with Crippen LogP contribution in [0.1, 0.15) is 18.4 Å². The van der Waals surface area contributed by atoms with Crippen LogP contribution in [0.2, 0.25) is 0 Å². The molecule has 0 atom stereocenters. The van der Waals surface area contributed by atoms with Gasteiger partial charge in [-0.2, -0.15) is 4.31 Å². The number of hydrogen-bond acceptors (Lipinski definition) is 3. The number of nitrogens with one attached hydrogen (secondary N) is 1. The second-order valence-corrected chi connectivity index (χ2v) is 7.57. The molecule has 1 fully saturated rings. The molecular formula is C14H19BrN2O3S. The molecule has 0 spiro atoms. The van der Waals surface area contributed by atoms with E-state index >= 15 is 0 Å². The largest absolute Gasteiger partial charge is 0.359 e. The number of nitrogens with zero attached hydrogens (tertiary/aromatic N) is 1. The Bertz CT molecular complexity index is 593. The Morgan fingerprint density at radius 3 is 2.33 bits per heavy atom. The highest BCUT2D eigenvalue weighted by atomic mass is 79.9. The Kier molecular flexibility index (Phi) is 5.40. The molecule has 1 heterocycles. The van der Waals surface area contributed by atoms with E-state index in [1.54, 1.807) is 31.3 Å². The molecule has 0 aromatic heterocycles. The van der Waals surface area contributed by atoms with Crippen LogP contribution in [0.5, 0.6) is 0 Å². The minimum absolute atomic E-state index is 0.00581. The van der Waals surface area contributed by atoms with Gasteiger partial charge in [-0.15, -0.1) is 0 Å². The van der Waals surface area contributed by atoms with Gasteiger partial charge in [0.1, 0.15) is 0 Å². The summed E-state index contributed by atoms with van der Waals surface area (Å²) >= 11 is 3.34. The standard InChI is InChI=1S/C14H19BrN2O3S/c1-16-14(18)12-6-8-17(9-7-12)21(19,20)13-4-2-11(10-15)3-5-13/h2-5,12H,6-10H2,1H3,(H,16,18). The maximum atomic E-state index is 12.5. The Morgan fingerprint density at radius 1 is 1.29 bits per heavy atom. The van der Waals surface area contributed by atoms with E-state index in [2.05, 4.69) is 21.2 Å². The Hall–Kier alpha value is -0.920. The Labute approximate surface area is 133 Å². The van der Waals surface area contributed by atoms with Gasteiger partial charge in [-0.1, -0.05) is 28.1 Å². The monoisotopic (exact) mass is 374 g/mol. The molecule has 1 aliphatic heterocycles. The number of rotatable bonds is 4. The van der Waals surface area contributed by atoms with Crippen molar-refractivity contribution in [3.05, 3.63) is 29.8 Å². The summed E-state index contributed by atoms with van der Waals surface area (Å²) in [7, 11) is -1.85. The third-order valence-electron chi connectivity index (χ3n) is 3.79. The number of piperidine rings is 1. The van der Waals surface area contributed by atoms with Crippen LogP contribution in [0.3, 0.4) is 0 Å². The topological polar surface area (TPSA) is 66.5 Å². The van der Waals surface area contributed by atoms with Crippen molar-refractivity contribution < 1.29 is 13.2 Å². The van der Waals surface area contributed by atoms with Crippen molar-refractivity contribution >= 4 is 31.9 Å². The molecule has 1 aliphatic rings. The number of amides is 1. The molecule has 1 N–H and O–H groups in total. The third kappa shape index (κ3) is 3.64. The van der Waals surface area contributed by atoms with E-state index in [0.717, 1.165) is 5.56 Å². The van der Waals surface area contributed by atoms with Gasteiger partial charge in [0.2, 0.25) is 15.9 Å². The van der Waals surface area contributed by atoms with Crippen LogP contribution in [-0.2, 0) is 20.1 Å². The van der Waals surface area contributed by atoms with E-state index in [9.17, 15) is 13.2 Å². The molecule has 0 radical (unpaired) electrons. The second-order valence-electron chi connectivity index (χ2n) is 5.07. The summed E-state index contributed by atoms with van der Waals surface area (Å²) in [6.45, 7) is 0.779. The van der Waals surface area contributed by atoms with E-state index < -0.39 is 10.0 Å². The molecule has 1 saturated heterocycles. The third-order valence-corrected chi connectivity index (χ3v) is 6.35. The molecule has 5 nitrogen and oxygen atoms in total. The Morgan fingerprint density at radius 2 is 1.86 bits per heavy atom. The molecule has 116 valence electrons. The van der Waals surface area contributed by atoms with Gasteiger partial charge in [-0.25, -0.2) is 8.42 Å². The maximum absolute atomic E-state index is 12.5. The predicted octanol–water partition coefficient (Wildman–Crippen LogP) is 1.73. The summed E-state index contributed by atoms with van der Waals surface area (Å²) < 4.78 is 26.6. The van der Waals surface area contributed by atoms with Crippen LogP contribution in [0, 0.1) is 5.92 Å². The predicted molar refractivity (Wildman–Crippen MR) is 84.6 cm³/mol. The summed E-state index contributed by atoms with van der Waals surface area (Å²) in [5.41, 5.74) is 1.03. The Balaban J connectivity index is 2.09. The van der Waals surface area contributed by atoms with Gasteiger partial charge >= 0.3 is 0 Å². The van der Waals surface area contributed by atoms with Crippen LogP contribution in [-0.4, -0.2) is 38.8 Å². The second kappa shape index (κ2) is 6.89. The zero-order valence-electron chi connectivity index (χ0n) is 11.9. The summed E-state index contributed by atoms with van der Waals surface area (Å²) in [6.07, 6.45) is 1.14. The van der Waals surface area contributed by atoms with Gasteiger partial charge < -0.3 is 5.32 Å². The number of hydrogen-bond donors (Lipinski definition) is 1. The van der Waals surface area contributed by atoms with E-state index in [4.69, 9.17) is 0 Å². The van der Waals surface area contributed by atoms with E-state index in [-0.39, 0.29) is 11.8 Å². The van der Waals surface area contributed by atoms with Crippen molar-refractivity contribution in [2.24, 2.45) is 5.92 Å². The van der Waals surface area contributed by atoms with E-state index in [1.165, 1.54) is 4.31 Å². The average molecular weight is 375 g/mol. The van der Waals surface area contributed by atoms with Crippen LogP contribution >= 0.6 is 15.9 Å². The lowest BCUT2D eigenvalue weighted by Crippen LogP contribution is -2.42. The van der Waals surface area contributed by atoms with Gasteiger partial charge in [0.15, 0.2) is 0 Å². The fourth-order valence-electron chi connectivity index (χ4n) is 2.46. The van der Waals surface area contributed by atoms with Crippen LogP contribution in [0.25, 0.3) is 0 Å². The van der Waals surface area contributed by atoms with Crippen molar-refractivity contribution in [1.82, 2.24) is 9.62 Å². The highest BCUT2D eigenvalue weighted by molar-refractivity contribution is 9.08. The lowest BCUT2D eigenvalue weighted by molar-refractivity contribution is -0.125. The fraction of sp³-hybridized carbons (Fsp3) is 0.500. The number of carbonyl (C=O) groups excluding carboxylic acids is 1. The first-order chi connectivity index (χ1) is 9.98. The lowest BCUT2D eigenvalue weighted by atomic mass is 9.97. The fourth-order valence-corrected chi connectivity index (χ4v) is 4.31. The summed E-state index contributed by atoms with van der Waals surface area (Å²) in [4.78, 5) is 11.9. The molecule has 2 rings (SSSR count). The van der Waals surface area contributed by atoms with Gasteiger partial charge in [0.25, 0.3) is 0 Å². The first kappa shape index (κ1) is 16.5. The first-order valence-corrected chi connectivity index (χ1v) is 9.42. The highest BCUT2D eigenvalue weighted by Crippen LogP contribution is 2.24. The molecule has 21 heavy (non-hydrogen) atoms. The smallest absolute Gasteiger partial charge is 0.243 e. The lowest BCUT2D eigenvalue weighted by Gasteiger charge is -2.30. The van der Waals surface area contributed by atoms with E-state index in [0.29, 0.717) is 36.2 Å². The molecule has 0 aliphatic carbocycles. The van der Waals surface area contributed by atoms with Gasteiger partial charge in [-0.3, -0.25) is 4.79 Å². The molecule has 0 saturated carbocycles. The zero-order chi connectivity index (χ0) is 15.5. The molecular weight excluding hydrogens is 356 g/mol. The number of halogens is 1. The average Bonchev–Trinajstić information content (AvgIpc) is 2.54. The summed E-state index contributed by atoms with van der Waals surface area (Å²) in [6, 6.07) is 6.88. The van der Waals surface area contributed by atoms with Crippen molar-refractivity contribution in [2.75, 3.05) is 20.1 Å². The molecule has 1 aromatic carbocycles. The molecule has 7 heteroatoms.